The quantitative estimate of drug-likeness (QED) is 0.782. The van der Waals surface area contributed by atoms with Crippen molar-refractivity contribution >= 4 is 33.5 Å². The number of anilines is 1. The number of rotatable bonds is 4. The Bertz CT molecular complexity index is 842. The zero-order valence-corrected chi connectivity index (χ0v) is 14.6. The normalized spacial score (nSPS) is 13.2. The van der Waals surface area contributed by atoms with Gasteiger partial charge in [-0.05, 0) is 53.2 Å². The Labute approximate surface area is 151 Å². The summed E-state index contributed by atoms with van der Waals surface area (Å²) in [7, 11) is 0. The van der Waals surface area contributed by atoms with Gasteiger partial charge in [0.1, 0.15) is 5.82 Å². The van der Waals surface area contributed by atoms with Gasteiger partial charge in [0.05, 0.1) is 5.56 Å². The van der Waals surface area contributed by atoms with Crippen molar-refractivity contribution < 1.29 is 28.2 Å². The summed E-state index contributed by atoms with van der Waals surface area (Å²) in [6.07, 6.45) is -1.08. The lowest BCUT2D eigenvalue weighted by Crippen LogP contribution is -2.30. The van der Waals surface area contributed by atoms with Gasteiger partial charge in [-0.15, -0.1) is 0 Å². The van der Waals surface area contributed by atoms with Gasteiger partial charge < -0.3 is 19.5 Å². The van der Waals surface area contributed by atoms with Crippen LogP contribution < -0.4 is 14.8 Å². The van der Waals surface area contributed by atoms with E-state index < -0.39 is 23.8 Å². The van der Waals surface area contributed by atoms with Crippen LogP contribution in [0.25, 0.3) is 0 Å². The maximum absolute atomic E-state index is 13.3. The van der Waals surface area contributed by atoms with Crippen LogP contribution in [-0.4, -0.2) is 24.8 Å². The molecule has 0 radical (unpaired) electrons. The first-order chi connectivity index (χ1) is 11.9. The Morgan fingerprint density at radius 1 is 1.20 bits per heavy atom. The number of esters is 1. The molecule has 0 saturated carbocycles. The molecule has 2 aromatic carbocycles. The lowest BCUT2D eigenvalue weighted by molar-refractivity contribution is -0.123. The Hall–Kier alpha value is -2.61. The van der Waals surface area contributed by atoms with Crippen LogP contribution >= 0.6 is 15.9 Å². The van der Waals surface area contributed by atoms with Crippen molar-refractivity contribution in [3.63, 3.8) is 0 Å². The molecule has 1 N–H and O–H groups in total. The van der Waals surface area contributed by atoms with Crippen molar-refractivity contribution in [2.45, 2.75) is 13.0 Å². The fraction of sp³-hybridized carbons (Fsp3) is 0.176. The fourth-order valence-electron chi connectivity index (χ4n) is 2.15. The van der Waals surface area contributed by atoms with Crippen molar-refractivity contribution in [3.8, 4) is 11.5 Å². The molecule has 3 rings (SSSR count). The molecule has 2 aromatic rings. The minimum Gasteiger partial charge on any atom is -0.454 e. The van der Waals surface area contributed by atoms with Crippen LogP contribution in [-0.2, 0) is 9.53 Å². The summed E-state index contributed by atoms with van der Waals surface area (Å²) in [5.41, 5.74) is 0.479. The van der Waals surface area contributed by atoms with E-state index in [1.165, 1.54) is 19.1 Å². The van der Waals surface area contributed by atoms with Gasteiger partial charge in [-0.3, -0.25) is 4.79 Å². The molecule has 0 aliphatic carbocycles. The standard InChI is InChI=1S/C17H13BrFNO5/c1-9(25-17(22)12-6-10(19)2-4-13(12)18)16(21)20-11-3-5-14-15(7-11)24-8-23-14/h2-7,9H,8H2,1H3,(H,20,21). The molecule has 1 aliphatic heterocycles. The number of ether oxygens (including phenoxy) is 3. The average molecular weight is 410 g/mol. The highest BCUT2D eigenvalue weighted by atomic mass is 79.9. The summed E-state index contributed by atoms with van der Waals surface area (Å²) < 4.78 is 29.2. The van der Waals surface area contributed by atoms with E-state index in [0.717, 1.165) is 6.07 Å². The van der Waals surface area contributed by atoms with Gasteiger partial charge in [0.15, 0.2) is 17.6 Å². The molecule has 0 saturated heterocycles. The van der Waals surface area contributed by atoms with Crippen LogP contribution in [0.1, 0.15) is 17.3 Å². The first-order valence-electron chi connectivity index (χ1n) is 7.30. The first-order valence-corrected chi connectivity index (χ1v) is 8.10. The molecule has 25 heavy (non-hydrogen) atoms. The number of carbonyl (C=O) groups is 2. The van der Waals surface area contributed by atoms with Crippen molar-refractivity contribution in [2.24, 2.45) is 0 Å². The zero-order valence-electron chi connectivity index (χ0n) is 13.0. The number of hydrogen-bond acceptors (Lipinski definition) is 5. The molecule has 1 aliphatic rings. The van der Waals surface area contributed by atoms with Crippen molar-refractivity contribution in [1.29, 1.82) is 0 Å². The van der Waals surface area contributed by atoms with Crippen LogP contribution in [0.3, 0.4) is 0 Å². The predicted molar refractivity (Wildman–Crippen MR) is 90.2 cm³/mol. The lowest BCUT2D eigenvalue weighted by Gasteiger charge is -2.14. The number of benzene rings is 2. The third-order valence-corrected chi connectivity index (χ3v) is 4.13. The number of carbonyl (C=O) groups excluding carboxylic acids is 2. The van der Waals surface area contributed by atoms with E-state index in [9.17, 15) is 14.0 Å². The van der Waals surface area contributed by atoms with E-state index >= 15 is 0 Å². The molecule has 1 unspecified atom stereocenters. The maximum Gasteiger partial charge on any atom is 0.340 e. The molecule has 8 heteroatoms. The smallest absolute Gasteiger partial charge is 0.340 e. The molecule has 1 heterocycles. The Morgan fingerprint density at radius 2 is 1.96 bits per heavy atom. The number of nitrogens with one attached hydrogen (secondary N) is 1. The summed E-state index contributed by atoms with van der Waals surface area (Å²) in [5, 5.41) is 2.62. The second kappa shape index (κ2) is 7.10. The van der Waals surface area contributed by atoms with Crippen LogP contribution in [0.4, 0.5) is 10.1 Å². The monoisotopic (exact) mass is 409 g/mol. The van der Waals surface area contributed by atoms with Gasteiger partial charge in [-0.2, -0.15) is 0 Å². The summed E-state index contributed by atoms with van der Waals surface area (Å²) in [6.45, 7) is 1.55. The summed E-state index contributed by atoms with van der Waals surface area (Å²) >= 11 is 3.15. The largest absolute Gasteiger partial charge is 0.454 e. The van der Waals surface area contributed by atoms with Gasteiger partial charge >= 0.3 is 5.97 Å². The van der Waals surface area contributed by atoms with E-state index in [-0.39, 0.29) is 12.4 Å². The third kappa shape index (κ3) is 3.90. The topological polar surface area (TPSA) is 73.9 Å². The van der Waals surface area contributed by atoms with Gasteiger partial charge in [-0.1, -0.05) is 0 Å². The molecule has 130 valence electrons. The van der Waals surface area contributed by atoms with E-state index in [4.69, 9.17) is 14.2 Å². The molecule has 0 bridgehead atoms. The fourth-order valence-corrected chi connectivity index (χ4v) is 2.56. The summed E-state index contributed by atoms with van der Waals surface area (Å²) in [6, 6.07) is 8.55. The Morgan fingerprint density at radius 3 is 2.76 bits per heavy atom. The molecule has 0 spiro atoms. The van der Waals surface area contributed by atoms with Gasteiger partial charge in [0, 0.05) is 16.2 Å². The third-order valence-electron chi connectivity index (χ3n) is 3.44. The Kier molecular flexibility index (Phi) is 4.89. The molecule has 1 amide bonds. The van der Waals surface area contributed by atoms with Gasteiger partial charge in [-0.25, -0.2) is 9.18 Å². The predicted octanol–water partition coefficient (Wildman–Crippen LogP) is 3.50. The first kappa shape index (κ1) is 17.2. The van der Waals surface area contributed by atoms with Crippen molar-refractivity contribution in [1.82, 2.24) is 0 Å². The zero-order chi connectivity index (χ0) is 18.0. The average Bonchev–Trinajstić information content (AvgIpc) is 3.04. The van der Waals surface area contributed by atoms with Crippen LogP contribution in [0.15, 0.2) is 40.9 Å². The molecule has 0 aromatic heterocycles. The molecular formula is C17H13BrFNO5. The number of hydrogen-bond donors (Lipinski definition) is 1. The molecular weight excluding hydrogens is 397 g/mol. The summed E-state index contributed by atoms with van der Waals surface area (Å²) in [4.78, 5) is 24.3. The van der Waals surface area contributed by atoms with Crippen molar-refractivity contribution in [3.05, 3.63) is 52.3 Å². The maximum atomic E-state index is 13.3. The minimum atomic E-state index is -1.08. The highest BCUT2D eigenvalue weighted by molar-refractivity contribution is 9.10. The highest BCUT2D eigenvalue weighted by Crippen LogP contribution is 2.34. The van der Waals surface area contributed by atoms with Gasteiger partial charge in [0.25, 0.3) is 5.91 Å². The molecule has 0 fully saturated rings. The molecule has 6 nitrogen and oxygen atoms in total. The van der Waals surface area contributed by atoms with Crippen LogP contribution in [0, 0.1) is 5.82 Å². The van der Waals surface area contributed by atoms with Crippen LogP contribution in [0.5, 0.6) is 11.5 Å². The van der Waals surface area contributed by atoms with Crippen molar-refractivity contribution in [2.75, 3.05) is 12.1 Å². The van der Waals surface area contributed by atoms with E-state index in [0.29, 0.717) is 21.7 Å². The lowest BCUT2D eigenvalue weighted by atomic mass is 10.2. The number of fused-ring (bicyclic) bond motifs is 1. The minimum absolute atomic E-state index is 0.00253. The SMILES string of the molecule is CC(OC(=O)c1cc(F)ccc1Br)C(=O)Nc1ccc2c(c1)OCO2. The van der Waals surface area contributed by atoms with E-state index in [1.54, 1.807) is 18.2 Å². The van der Waals surface area contributed by atoms with Crippen LogP contribution in [0.2, 0.25) is 0 Å². The molecule has 1 atom stereocenters. The Balaban J connectivity index is 1.64. The second-order valence-corrected chi connectivity index (χ2v) is 6.08. The number of amides is 1. The summed E-state index contributed by atoms with van der Waals surface area (Å²) in [5.74, 6) is -0.799. The van der Waals surface area contributed by atoms with Gasteiger partial charge in [0.2, 0.25) is 6.79 Å². The highest BCUT2D eigenvalue weighted by Gasteiger charge is 2.22. The second-order valence-electron chi connectivity index (χ2n) is 5.23. The van der Waals surface area contributed by atoms with E-state index in [2.05, 4.69) is 21.2 Å². The van der Waals surface area contributed by atoms with E-state index in [1.807, 2.05) is 0 Å². The number of halogens is 2.